The van der Waals surface area contributed by atoms with Gasteiger partial charge in [0.15, 0.2) is 0 Å². The van der Waals surface area contributed by atoms with Gasteiger partial charge in [0.05, 0.1) is 18.1 Å². The molecule has 7 rings (SSSR count). The number of carbonyl (C=O) groups is 10. The van der Waals surface area contributed by atoms with Crippen LogP contribution in [0.1, 0.15) is 122 Å². The van der Waals surface area contributed by atoms with Crippen molar-refractivity contribution < 1.29 is 76.7 Å². The van der Waals surface area contributed by atoms with E-state index in [0.29, 0.717) is 46.4 Å². The third-order valence-electron chi connectivity index (χ3n) is 15.4. The van der Waals surface area contributed by atoms with Crippen LogP contribution in [0.2, 0.25) is 0 Å². The van der Waals surface area contributed by atoms with Crippen LogP contribution in [0.25, 0.3) is 10.9 Å². The minimum atomic E-state index is -1.65. The van der Waals surface area contributed by atoms with Crippen molar-refractivity contribution in [3.8, 4) is 5.75 Å². The van der Waals surface area contributed by atoms with E-state index in [0.717, 1.165) is 10.5 Å². The predicted molar refractivity (Wildman–Crippen MR) is 368 cm³/mol. The van der Waals surface area contributed by atoms with Crippen LogP contribution in [-0.2, 0) is 73.6 Å². The zero-order valence-electron chi connectivity index (χ0n) is 57.4. The maximum absolute atomic E-state index is 15.4. The molecule has 0 saturated carbocycles. The summed E-state index contributed by atoms with van der Waals surface area (Å²) in [5.74, 6) is -5.11. The Bertz CT molecular complexity index is 3740. The van der Waals surface area contributed by atoms with Gasteiger partial charge in [0.2, 0.25) is 29.5 Å². The highest BCUT2D eigenvalue weighted by molar-refractivity contribution is 5.98. The average Bonchev–Trinajstić information content (AvgIpc) is 1.66. The second-order valence-electron chi connectivity index (χ2n) is 27.1. The Balaban J connectivity index is 1.17. The van der Waals surface area contributed by atoms with Crippen LogP contribution < -0.4 is 47.7 Å². The number of unbranched alkanes of at least 4 members (excludes halogenated alkanes) is 1. The Morgan fingerprint density at radius 1 is 0.545 bits per heavy atom. The van der Waals surface area contributed by atoms with Crippen LogP contribution in [0.4, 0.5) is 19.2 Å². The highest BCUT2D eigenvalue weighted by atomic mass is 16.6. The Morgan fingerprint density at radius 3 is 1.69 bits per heavy atom. The number of carboxylic acids is 1. The molecule has 530 valence electrons. The van der Waals surface area contributed by atoms with Crippen molar-refractivity contribution in [3.05, 3.63) is 174 Å². The summed E-state index contributed by atoms with van der Waals surface area (Å²) in [6, 6.07) is 31.4. The maximum atomic E-state index is 15.4. The van der Waals surface area contributed by atoms with Gasteiger partial charge in [-0.05, 0) is 134 Å². The van der Waals surface area contributed by atoms with Crippen molar-refractivity contribution in [2.75, 3.05) is 26.2 Å². The van der Waals surface area contributed by atoms with Crippen molar-refractivity contribution in [2.24, 2.45) is 5.73 Å². The van der Waals surface area contributed by atoms with E-state index in [2.05, 4.69) is 37.2 Å². The number of rotatable bonds is 29. The first-order valence-electron chi connectivity index (χ1n) is 32.9. The van der Waals surface area contributed by atoms with Gasteiger partial charge in [-0.1, -0.05) is 121 Å². The molecule has 7 atom stereocenters. The number of hydrogen-bond donors (Lipinski definition) is 9. The molecule has 2 heterocycles. The summed E-state index contributed by atoms with van der Waals surface area (Å²) in [4.78, 5) is 141. The molecule has 10 N–H and O–H groups in total. The number of aromatic nitrogens is 1. The van der Waals surface area contributed by atoms with E-state index in [4.69, 9.17) is 29.4 Å². The van der Waals surface area contributed by atoms with E-state index in [-0.39, 0.29) is 63.7 Å². The summed E-state index contributed by atoms with van der Waals surface area (Å²) in [5.41, 5.74) is 7.41. The number of aliphatic carboxylic acids is 1. The Hall–Kier alpha value is -10.5. The van der Waals surface area contributed by atoms with Crippen LogP contribution in [0.3, 0.4) is 0 Å². The van der Waals surface area contributed by atoms with E-state index >= 15 is 14.4 Å². The molecular formula is C73H92N10O16. The van der Waals surface area contributed by atoms with Crippen LogP contribution in [0.15, 0.2) is 146 Å². The van der Waals surface area contributed by atoms with Gasteiger partial charge in [-0.3, -0.25) is 28.5 Å². The monoisotopic (exact) mass is 1360 g/mol. The lowest BCUT2D eigenvalue weighted by Gasteiger charge is -2.30. The van der Waals surface area contributed by atoms with Gasteiger partial charge in [0, 0.05) is 50.5 Å². The lowest BCUT2D eigenvalue weighted by Crippen LogP contribution is -2.58. The number of nitrogens with zero attached hydrogens (tertiary/aromatic N) is 2. The van der Waals surface area contributed by atoms with Gasteiger partial charge < -0.3 is 76.6 Å². The molecular weight excluding hydrogens is 1270 g/mol. The van der Waals surface area contributed by atoms with Crippen molar-refractivity contribution in [1.82, 2.24) is 46.7 Å². The molecule has 99 heavy (non-hydrogen) atoms. The molecule has 0 bridgehead atoms. The smallest absolute Gasteiger partial charge is 0.419 e. The number of amides is 8. The summed E-state index contributed by atoms with van der Waals surface area (Å²) >= 11 is 0. The zero-order valence-corrected chi connectivity index (χ0v) is 57.4. The summed E-state index contributed by atoms with van der Waals surface area (Å²) in [7, 11) is 0. The molecule has 1 saturated heterocycles. The number of benzene rings is 5. The fourth-order valence-corrected chi connectivity index (χ4v) is 10.8. The quantitative estimate of drug-likeness (QED) is 0.0161. The zero-order chi connectivity index (χ0) is 72.0. The van der Waals surface area contributed by atoms with Gasteiger partial charge >= 0.3 is 30.3 Å². The highest BCUT2D eigenvalue weighted by Crippen LogP contribution is 2.28. The topological polar surface area (TPSA) is 355 Å². The first-order chi connectivity index (χ1) is 46.9. The average molecular weight is 1370 g/mol. The van der Waals surface area contributed by atoms with E-state index in [1.54, 1.807) is 172 Å². The molecule has 1 fully saturated rings. The number of fused-ring (bicyclic) bond motifs is 1. The number of carboxylic acid groups (broad SMARTS) is 1. The first-order valence-corrected chi connectivity index (χ1v) is 32.9. The molecule has 0 radical (unpaired) electrons. The van der Waals surface area contributed by atoms with Gasteiger partial charge in [-0.25, -0.2) is 24.0 Å². The van der Waals surface area contributed by atoms with E-state index in [1.165, 1.54) is 10.8 Å². The van der Waals surface area contributed by atoms with Crippen molar-refractivity contribution in [2.45, 2.75) is 173 Å². The number of nitrogens with two attached hydrogens (primary N) is 1. The molecule has 1 aromatic heterocycles. The maximum Gasteiger partial charge on any atom is 0.419 e. The predicted octanol–water partition coefficient (Wildman–Crippen LogP) is 7.67. The third-order valence-corrected chi connectivity index (χ3v) is 15.4. The number of ether oxygens (including phenoxy) is 5. The second kappa shape index (κ2) is 35.1. The molecule has 5 aromatic carbocycles. The summed E-state index contributed by atoms with van der Waals surface area (Å²) in [6.45, 7) is 15.2. The molecule has 26 nitrogen and oxygen atoms in total. The number of likely N-dealkylation sites (tertiary alicyclic amines) is 1. The van der Waals surface area contributed by atoms with E-state index in [9.17, 15) is 38.7 Å². The minimum Gasteiger partial charge on any atom is -0.489 e. The Morgan fingerprint density at radius 2 is 1.08 bits per heavy atom. The highest BCUT2D eigenvalue weighted by Gasteiger charge is 2.45. The third kappa shape index (κ3) is 24.5. The molecule has 1 aliphatic rings. The fraction of sp³-hybridized carbons (Fsp3) is 0.425. The van der Waals surface area contributed by atoms with Crippen molar-refractivity contribution >= 4 is 70.8 Å². The number of nitrogens with one attached hydrogen (secondary N) is 7. The van der Waals surface area contributed by atoms with Crippen molar-refractivity contribution in [1.29, 1.82) is 0 Å². The Labute approximate surface area is 576 Å². The van der Waals surface area contributed by atoms with E-state index < -0.39 is 126 Å². The van der Waals surface area contributed by atoms with Crippen molar-refractivity contribution in [3.63, 3.8) is 0 Å². The SMILES string of the molecule is CC(C)(C)OC(=O)NCCCC[C@H](NC(=O)[C@@H](Cc1cn(C(=O)OC(C)(C)C)c2ccccc12)NC(=O)[C@@H](NC(=O)[C@@H]1CC(OC(=O)NCCNC(=O)OC(C)(C)C)CN1C(=O)[C@H](Cc1ccccc1)NC(=O)[C@@H](N)Cc1ccc(OCc2ccccc2)cc1)c1ccccc1)C(=O)O. The fourth-order valence-electron chi connectivity index (χ4n) is 10.8. The van der Waals surface area contributed by atoms with Crippen LogP contribution in [0.5, 0.6) is 5.75 Å². The molecule has 1 aliphatic heterocycles. The summed E-state index contributed by atoms with van der Waals surface area (Å²) < 4.78 is 29.4. The second-order valence-corrected chi connectivity index (χ2v) is 27.1. The summed E-state index contributed by atoms with van der Waals surface area (Å²) in [5, 5.41) is 29.7. The Kier molecular flexibility index (Phi) is 26.9. The van der Waals surface area contributed by atoms with Crippen LogP contribution >= 0.6 is 0 Å². The molecule has 1 unspecified atom stereocenters. The van der Waals surface area contributed by atoms with Gasteiger partial charge in [-0.2, -0.15) is 0 Å². The molecule has 6 aromatic rings. The molecule has 26 heteroatoms. The standard InChI is InChI=1S/C73H92N10O16/c1-71(2,3)97-68(92)75-36-22-21-30-55(66(89)90)78-62(85)56(41-50-43-83(70(94)99-73(7,8)9)58-31-20-19-29-53(50)58)79-64(87)60(49-27-17-12-18-28-49)81-63(86)59-42-52(96-67(91)76-37-38-77-69(93)98-72(4,5)6)44-82(59)65(88)57(40-46-23-13-10-14-24-46)80-61(84)54(74)39-47-32-34-51(35-33-47)95-45-48-25-15-11-16-26-48/h10-20,23-29,31-35,43,52,54-57,59-60H,21-22,30,36-42,44-45,74H2,1-9H3,(H,75,92)(H,76,91)(H,77,93)(H,78,85)(H,79,87)(H,80,84)(H,81,86)(H,89,90)/t52?,54-,55-,56+,57-,59-,60-/m0/s1. The lowest BCUT2D eigenvalue weighted by atomic mass is 10.0. The largest absolute Gasteiger partial charge is 0.489 e. The van der Waals surface area contributed by atoms with Gasteiger partial charge in [-0.15, -0.1) is 0 Å². The normalized spacial score (nSPS) is 15.3. The number of carbonyl (C=O) groups excluding carboxylic acids is 9. The van der Waals surface area contributed by atoms with Gasteiger partial charge in [0.25, 0.3) is 0 Å². The van der Waals surface area contributed by atoms with E-state index in [1.807, 2.05) is 30.3 Å². The molecule has 0 aliphatic carbocycles. The first kappa shape index (κ1) is 75.9. The summed E-state index contributed by atoms with van der Waals surface area (Å²) in [6.07, 6.45) is -3.08. The number of para-hydroxylation sites is 1. The van der Waals surface area contributed by atoms with Crippen LogP contribution in [0, 0.1) is 0 Å². The number of alkyl carbamates (subject to hydrolysis) is 3. The molecule has 0 spiro atoms. The van der Waals surface area contributed by atoms with Crippen LogP contribution in [-0.4, -0.2) is 154 Å². The minimum absolute atomic E-state index is 0.0561. The lowest BCUT2D eigenvalue weighted by molar-refractivity contribution is -0.143. The number of hydrogen-bond acceptors (Lipinski definition) is 16. The molecule has 8 amide bonds. The van der Waals surface area contributed by atoms with Gasteiger partial charge in [0.1, 0.15) is 65.5 Å².